The van der Waals surface area contributed by atoms with Gasteiger partial charge in [-0.05, 0) is 107 Å². The minimum absolute atomic E-state index is 0.0252. The fourth-order valence-corrected chi connectivity index (χ4v) is 10.6. The fraction of sp³-hybridized carbons (Fsp3) is 0.578. The molecule has 5 atom stereocenters. The summed E-state index contributed by atoms with van der Waals surface area (Å²) in [6.07, 6.45) is 17.0. The number of amides is 1. The molecule has 0 radical (unpaired) electrons. The van der Waals surface area contributed by atoms with Gasteiger partial charge < -0.3 is 19.5 Å². The highest BCUT2D eigenvalue weighted by Gasteiger charge is 2.67. The lowest BCUT2D eigenvalue weighted by Crippen LogP contribution is -2.69. The van der Waals surface area contributed by atoms with Crippen LogP contribution < -0.4 is 9.47 Å². The molecule has 3 aromatic rings. The molecule has 1 spiro atoms. The standard InChI is InChI=1S/C45H58N2O4/c1-50-40-30-39(48)35-29-38-36-24-25-37(44-45(36,42(35)43(40)51-44)26-28-46(38)31-34-22-23-34)47(27-14-13-20-33-18-10-6-11-19-33)41(49)21-12-4-2-3-7-15-32-16-8-5-9-17-32/h5-6,8-11,16-19,30,34,36-38,44,48H,2-4,7,12-15,20-29,31H2,1H3/t36-,37-,38+,44-,45-/m0/s1. The van der Waals surface area contributed by atoms with Crippen molar-refractivity contribution in [1.82, 2.24) is 9.80 Å². The Morgan fingerprint density at radius 2 is 1.59 bits per heavy atom. The number of benzene rings is 3. The number of unbranched alkanes of at least 4 members (excludes halogenated alkanes) is 5. The molecule has 3 aromatic carbocycles. The van der Waals surface area contributed by atoms with Gasteiger partial charge in [-0.2, -0.15) is 0 Å². The molecule has 1 amide bonds. The lowest BCUT2D eigenvalue weighted by atomic mass is 9.50. The molecule has 2 aliphatic heterocycles. The molecule has 1 saturated heterocycles. The van der Waals surface area contributed by atoms with E-state index in [4.69, 9.17) is 9.47 Å². The van der Waals surface area contributed by atoms with Gasteiger partial charge in [-0.1, -0.05) is 79.9 Å². The van der Waals surface area contributed by atoms with Gasteiger partial charge in [0.15, 0.2) is 11.5 Å². The first-order valence-corrected chi connectivity index (χ1v) is 20.3. The quantitative estimate of drug-likeness (QED) is 0.144. The molecule has 2 bridgehead atoms. The van der Waals surface area contributed by atoms with Crippen LogP contribution in [0.5, 0.6) is 17.2 Å². The van der Waals surface area contributed by atoms with E-state index in [2.05, 4.69) is 70.5 Å². The summed E-state index contributed by atoms with van der Waals surface area (Å²) in [5.41, 5.74) is 4.88. The predicted molar refractivity (Wildman–Crippen MR) is 203 cm³/mol. The maximum Gasteiger partial charge on any atom is 0.222 e. The van der Waals surface area contributed by atoms with Crippen molar-refractivity contribution in [2.24, 2.45) is 11.8 Å². The largest absolute Gasteiger partial charge is 0.508 e. The Labute approximate surface area is 305 Å². The second kappa shape index (κ2) is 15.2. The molecule has 6 nitrogen and oxygen atoms in total. The molecular formula is C45H58N2O4. The molecule has 0 unspecified atom stereocenters. The Hall–Kier alpha value is -3.51. The van der Waals surface area contributed by atoms with E-state index < -0.39 is 0 Å². The van der Waals surface area contributed by atoms with Gasteiger partial charge in [-0.25, -0.2) is 0 Å². The van der Waals surface area contributed by atoms with Gasteiger partial charge in [-0.3, -0.25) is 9.69 Å². The van der Waals surface area contributed by atoms with E-state index in [-0.39, 0.29) is 17.6 Å². The third-order valence-corrected chi connectivity index (χ3v) is 13.3. The Bertz CT molecular complexity index is 1640. The number of hydrogen-bond donors (Lipinski definition) is 1. The van der Waals surface area contributed by atoms with Crippen molar-refractivity contribution in [3.8, 4) is 17.2 Å². The lowest BCUT2D eigenvalue weighted by molar-refractivity contribution is -0.143. The number of rotatable bonds is 17. The van der Waals surface area contributed by atoms with Crippen LogP contribution in [0.15, 0.2) is 66.7 Å². The molecule has 1 N–H and O–H groups in total. The smallest absolute Gasteiger partial charge is 0.222 e. The number of aromatic hydroxyl groups is 1. The van der Waals surface area contributed by atoms with Gasteiger partial charge in [0.2, 0.25) is 5.91 Å². The molecule has 2 saturated carbocycles. The molecule has 0 aromatic heterocycles. The number of nitrogens with zero attached hydrogens (tertiary/aromatic N) is 2. The van der Waals surface area contributed by atoms with E-state index in [9.17, 15) is 9.90 Å². The van der Waals surface area contributed by atoms with Crippen LogP contribution in [0.2, 0.25) is 0 Å². The molecular weight excluding hydrogens is 633 g/mol. The monoisotopic (exact) mass is 690 g/mol. The Morgan fingerprint density at radius 1 is 0.902 bits per heavy atom. The molecule has 3 aliphatic carbocycles. The summed E-state index contributed by atoms with van der Waals surface area (Å²) in [6.45, 7) is 3.02. The van der Waals surface area contributed by atoms with Crippen LogP contribution >= 0.6 is 0 Å². The molecule has 6 heteroatoms. The zero-order chi connectivity index (χ0) is 34.8. The van der Waals surface area contributed by atoms with Crippen LogP contribution in [-0.4, -0.2) is 65.7 Å². The minimum atomic E-state index is -0.191. The van der Waals surface area contributed by atoms with Gasteiger partial charge in [0.25, 0.3) is 0 Å². The summed E-state index contributed by atoms with van der Waals surface area (Å²) in [5.74, 6) is 3.43. The molecule has 8 rings (SSSR count). The fourth-order valence-electron chi connectivity index (χ4n) is 10.6. The van der Waals surface area contributed by atoms with Crippen molar-refractivity contribution in [2.75, 3.05) is 26.7 Å². The highest BCUT2D eigenvalue weighted by molar-refractivity contribution is 5.77. The van der Waals surface area contributed by atoms with Gasteiger partial charge in [-0.15, -0.1) is 0 Å². The molecule has 5 aliphatic rings. The minimum Gasteiger partial charge on any atom is -0.508 e. The van der Waals surface area contributed by atoms with Crippen molar-refractivity contribution in [3.05, 3.63) is 89.0 Å². The van der Waals surface area contributed by atoms with E-state index in [1.54, 1.807) is 13.2 Å². The van der Waals surface area contributed by atoms with Crippen molar-refractivity contribution >= 4 is 5.91 Å². The number of carbonyl (C=O) groups excluding carboxylic acids is 1. The van der Waals surface area contributed by atoms with E-state index >= 15 is 0 Å². The number of piperidine rings is 1. The number of carbonyl (C=O) groups is 1. The average Bonchev–Trinajstić information content (AvgIpc) is 3.91. The van der Waals surface area contributed by atoms with Crippen molar-refractivity contribution in [1.29, 1.82) is 0 Å². The van der Waals surface area contributed by atoms with Crippen LogP contribution in [0, 0.1) is 11.8 Å². The number of methoxy groups -OCH3 is 1. The summed E-state index contributed by atoms with van der Waals surface area (Å²) < 4.78 is 13.0. The summed E-state index contributed by atoms with van der Waals surface area (Å²) in [7, 11) is 1.68. The first-order chi connectivity index (χ1) is 25.1. The van der Waals surface area contributed by atoms with Crippen molar-refractivity contribution in [3.63, 3.8) is 0 Å². The van der Waals surface area contributed by atoms with Gasteiger partial charge >= 0.3 is 0 Å². The van der Waals surface area contributed by atoms with Crippen molar-refractivity contribution in [2.45, 2.75) is 126 Å². The molecule has 272 valence electrons. The van der Waals surface area contributed by atoms with Crippen LogP contribution in [-0.2, 0) is 29.5 Å². The van der Waals surface area contributed by atoms with E-state index in [0.717, 1.165) is 94.5 Å². The van der Waals surface area contributed by atoms with Gasteiger partial charge in [0.1, 0.15) is 11.9 Å². The second-order valence-corrected chi connectivity index (χ2v) is 16.4. The number of hydrogen-bond acceptors (Lipinski definition) is 5. The van der Waals surface area contributed by atoms with Crippen molar-refractivity contribution < 1.29 is 19.4 Å². The van der Waals surface area contributed by atoms with Crippen LogP contribution in [0.1, 0.15) is 106 Å². The topological polar surface area (TPSA) is 62.2 Å². The lowest BCUT2D eigenvalue weighted by Gasteiger charge is -2.60. The summed E-state index contributed by atoms with van der Waals surface area (Å²) in [4.78, 5) is 19.5. The number of ether oxygens (including phenoxy) is 2. The SMILES string of the molecule is COc1cc(O)c2c3c1O[C@H]1[C@@H](N(CCCCc4ccccc4)C(=O)CCCCCCCc4ccccc4)CC[C@H]4[C@@H](C2)N(CC2CC2)CC[C@@]341. The second-order valence-electron chi connectivity index (χ2n) is 16.4. The number of phenols is 1. The highest BCUT2D eigenvalue weighted by Crippen LogP contribution is 2.66. The van der Waals surface area contributed by atoms with Crippen LogP contribution in [0.4, 0.5) is 0 Å². The third kappa shape index (κ3) is 6.90. The summed E-state index contributed by atoms with van der Waals surface area (Å²) in [5, 5.41) is 11.4. The number of phenolic OH excluding ortho intramolecular Hbond substituents is 1. The van der Waals surface area contributed by atoms with E-state index in [0.29, 0.717) is 35.8 Å². The maximum atomic E-state index is 14.4. The Balaban J connectivity index is 1.000. The molecule has 2 heterocycles. The predicted octanol–water partition coefficient (Wildman–Crippen LogP) is 8.65. The Kier molecular flexibility index (Phi) is 10.3. The van der Waals surface area contributed by atoms with Crippen LogP contribution in [0.25, 0.3) is 0 Å². The van der Waals surface area contributed by atoms with Crippen LogP contribution in [0.3, 0.4) is 0 Å². The van der Waals surface area contributed by atoms with Gasteiger partial charge in [0.05, 0.1) is 13.2 Å². The first kappa shape index (κ1) is 34.6. The number of aryl methyl sites for hydroxylation is 2. The summed E-state index contributed by atoms with van der Waals surface area (Å²) >= 11 is 0. The number of likely N-dealkylation sites (tertiary alicyclic amines) is 1. The molecule has 51 heavy (non-hydrogen) atoms. The van der Waals surface area contributed by atoms with E-state index in [1.165, 1.54) is 55.3 Å². The zero-order valence-electron chi connectivity index (χ0n) is 30.7. The summed E-state index contributed by atoms with van der Waals surface area (Å²) in [6, 6.07) is 23.7. The Morgan fingerprint density at radius 3 is 2.29 bits per heavy atom. The maximum absolute atomic E-state index is 14.4. The molecule has 3 fully saturated rings. The van der Waals surface area contributed by atoms with Gasteiger partial charge in [0, 0.05) is 48.2 Å². The first-order valence-electron chi connectivity index (χ1n) is 20.3. The normalized spacial score (nSPS) is 26.0. The third-order valence-electron chi connectivity index (χ3n) is 13.3. The van der Waals surface area contributed by atoms with E-state index in [1.807, 2.05) is 0 Å². The average molecular weight is 691 g/mol. The highest BCUT2D eigenvalue weighted by atomic mass is 16.5. The zero-order valence-corrected chi connectivity index (χ0v) is 30.7.